The number of nitrogens with one attached hydrogen (secondary N) is 2. The fourth-order valence-electron chi connectivity index (χ4n) is 3.38. The van der Waals surface area contributed by atoms with Crippen LogP contribution >= 0.6 is 34.8 Å². The molecule has 14 heteroatoms. The number of carbonyl (C=O) groups excluding carboxylic acids is 2. The van der Waals surface area contributed by atoms with E-state index in [0.29, 0.717) is 12.1 Å². The molecule has 0 fully saturated rings. The lowest BCUT2D eigenvalue weighted by Gasteiger charge is -2.27. The fourth-order valence-corrected chi connectivity index (χ4v) is 3.99. The maximum Gasteiger partial charge on any atom is 0.417 e. The minimum absolute atomic E-state index is 0.152. The Labute approximate surface area is 234 Å². The predicted molar refractivity (Wildman–Crippen MR) is 136 cm³/mol. The van der Waals surface area contributed by atoms with Gasteiger partial charge in [0.1, 0.15) is 0 Å². The van der Waals surface area contributed by atoms with Crippen LogP contribution in [0.15, 0.2) is 36.4 Å². The fraction of sp³-hybridized carbons (Fsp3) is 0.360. The second-order valence-corrected chi connectivity index (χ2v) is 10.2. The summed E-state index contributed by atoms with van der Waals surface area (Å²) in [6.45, 7) is 1.76. The Hall–Kier alpha value is -2.50. The van der Waals surface area contributed by atoms with Gasteiger partial charge in [0, 0.05) is 6.54 Å². The molecule has 4 nitrogen and oxygen atoms in total. The lowest BCUT2D eigenvalue weighted by molar-refractivity contribution is -0.139. The van der Waals surface area contributed by atoms with Crippen molar-refractivity contribution in [2.45, 2.75) is 44.1 Å². The molecule has 1 atom stereocenters. The molecule has 2 amide bonds. The zero-order valence-electron chi connectivity index (χ0n) is 20.3. The van der Waals surface area contributed by atoms with Gasteiger partial charge in [0.2, 0.25) is 5.91 Å². The number of hydrogen-bond acceptors (Lipinski definition) is 2. The summed E-state index contributed by atoms with van der Waals surface area (Å²) in [6.07, 6.45) is -8.83. The molecule has 2 rings (SSSR count). The molecule has 0 aromatic heterocycles. The molecule has 39 heavy (non-hydrogen) atoms. The first-order valence-electron chi connectivity index (χ1n) is 11.1. The molecular weight excluding hydrogens is 600 g/mol. The molecule has 0 heterocycles. The number of hydrogen-bond donors (Lipinski definition) is 2. The van der Waals surface area contributed by atoms with Crippen LogP contribution in [0.5, 0.6) is 0 Å². The number of halogens is 10. The third kappa shape index (κ3) is 9.29. The highest BCUT2D eigenvalue weighted by Crippen LogP contribution is 2.41. The molecule has 0 bridgehead atoms. The number of benzene rings is 2. The van der Waals surface area contributed by atoms with E-state index in [-0.39, 0.29) is 32.7 Å². The Morgan fingerprint density at radius 2 is 1.56 bits per heavy atom. The van der Waals surface area contributed by atoms with Crippen molar-refractivity contribution in [3.63, 3.8) is 0 Å². The zero-order chi connectivity index (χ0) is 29.8. The van der Waals surface area contributed by atoms with Crippen molar-refractivity contribution in [2.24, 2.45) is 0 Å². The third-order valence-electron chi connectivity index (χ3n) is 5.29. The number of rotatable bonds is 9. The first-order valence-corrected chi connectivity index (χ1v) is 12.2. The molecular formula is C25H22Cl3F7N2O2. The van der Waals surface area contributed by atoms with Crippen molar-refractivity contribution >= 4 is 52.7 Å². The molecule has 0 saturated carbocycles. The van der Waals surface area contributed by atoms with Crippen molar-refractivity contribution < 1.29 is 40.3 Å². The highest BCUT2D eigenvalue weighted by atomic mass is 35.5. The summed E-state index contributed by atoms with van der Waals surface area (Å²) in [5.41, 5.74) is -4.04. The quantitative estimate of drug-likeness (QED) is 0.220. The van der Waals surface area contributed by atoms with E-state index in [1.807, 2.05) is 0 Å². The van der Waals surface area contributed by atoms with Crippen LogP contribution in [0.2, 0.25) is 15.1 Å². The number of alkyl halides is 7. The molecule has 0 spiro atoms. The van der Waals surface area contributed by atoms with E-state index in [1.54, 1.807) is 0 Å². The van der Waals surface area contributed by atoms with Crippen molar-refractivity contribution in [2.75, 3.05) is 13.2 Å². The summed E-state index contributed by atoms with van der Waals surface area (Å²) in [6, 6.07) is 4.32. The van der Waals surface area contributed by atoms with Gasteiger partial charge in [-0.05, 0) is 49.2 Å². The molecule has 2 aromatic carbocycles. The predicted octanol–water partition coefficient (Wildman–Crippen LogP) is 8.01. The third-order valence-corrected chi connectivity index (χ3v) is 6.49. The van der Waals surface area contributed by atoms with Gasteiger partial charge in [-0.2, -0.15) is 26.3 Å². The maximum atomic E-state index is 13.8. The highest BCUT2D eigenvalue weighted by molar-refractivity contribution is 6.48. The first-order chi connectivity index (χ1) is 17.9. The lowest BCUT2D eigenvalue weighted by Crippen LogP contribution is -2.51. The van der Waals surface area contributed by atoms with Gasteiger partial charge in [0.15, 0.2) is 0 Å². The summed E-state index contributed by atoms with van der Waals surface area (Å²) in [4.78, 5) is 24.2. The van der Waals surface area contributed by atoms with Crippen LogP contribution < -0.4 is 10.6 Å². The van der Waals surface area contributed by atoms with Crippen LogP contribution in [0.1, 0.15) is 53.2 Å². The highest BCUT2D eigenvalue weighted by Gasteiger charge is 2.40. The minimum Gasteiger partial charge on any atom is -0.354 e. The van der Waals surface area contributed by atoms with E-state index < -0.39 is 59.8 Å². The summed E-state index contributed by atoms with van der Waals surface area (Å²) in [7, 11) is 0. The summed E-state index contributed by atoms with van der Waals surface area (Å²) in [5.74, 6) is -4.07. The van der Waals surface area contributed by atoms with Crippen LogP contribution in [-0.2, 0) is 11.0 Å². The van der Waals surface area contributed by atoms with E-state index in [2.05, 4.69) is 10.6 Å². The van der Waals surface area contributed by atoms with E-state index in [0.717, 1.165) is 30.3 Å². The Bertz CT molecular complexity index is 1220. The number of carbonyl (C=O) groups is 2. The normalized spacial score (nSPS) is 13.4. The van der Waals surface area contributed by atoms with E-state index in [9.17, 15) is 40.3 Å². The van der Waals surface area contributed by atoms with Gasteiger partial charge in [-0.25, -0.2) is 0 Å². The largest absolute Gasteiger partial charge is 0.417 e. The zero-order valence-corrected chi connectivity index (χ0v) is 22.6. The summed E-state index contributed by atoms with van der Waals surface area (Å²) in [5, 5.41) is 4.09. The van der Waals surface area contributed by atoms with Gasteiger partial charge in [0.05, 0.1) is 50.7 Å². The van der Waals surface area contributed by atoms with Gasteiger partial charge in [-0.1, -0.05) is 53.0 Å². The SMILES string of the molecule is CC(C)(CNC(=O)CCF)NC(=O)c1ccc(/C=C/C(c2cc(Cl)c(Cl)c(Cl)c2)C(F)(F)F)cc1C(F)(F)F. The van der Waals surface area contributed by atoms with E-state index in [1.165, 1.54) is 13.8 Å². The molecule has 0 saturated heterocycles. The monoisotopic (exact) mass is 620 g/mol. The Balaban J connectivity index is 2.39. The van der Waals surface area contributed by atoms with Crippen LogP contribution in [0.3, 0.4) is 0 Å². The van der Waals surface area contributed by atoms with E-state index in [4.69, 9.17) is 34.8 Å². The molecule has 0 aliphatic heterocycles. The number of allylic oxidation sites excluding steroid dienone is 1. The Kier molecular flexibility index (Phi) is 10.7. The topological polar surface area (TPSA) is 58.2 Å². The average Bonchev–Trinajstić information content (AvgIpc) is 2.79. The molecule has 1 unspecified atom stereocenters. The Morgan fingerprint density at radius 3 is 2.08 bits per heavy atom. The van der Waals surface area contributed by atoms with E-state index >= 15 is 0 Å². The van der Waals surface area contributed by atoms with Gasteiger partial charge in [-0.3, -0.25) is 14.0 Å². The average molecular weight is 622 g/mol. The standard InChI is InChI=1S/C25H22Cl3F7N2O2/c1-23(2,12-36-20(38)7-8-29)37-22(39)15-5-3-13(9-17(15)25(33,34)35)4-6-16(24(30,31)32)14-10-18(26)21(28)19(27)11-14/h3-6,9-11,16H,7-8,12H2,1-2H3,(H,36,38)(H,37,39)/b6-4+. The molecule has 2 aromatic rings. The molecule has 0 aliphatic rings. The van der Waals surface area contributed by atoms with Crippen molar-refractivity contribution in [1.82, 2.24) is 10.6 Å². The molecule has 214 valence electrons. The summed E-state index contributed by atoms with van der Waals surface area (Å²) < 4.78 is 95.1. The van der Waals surface area contributed by atoms with Crippen molar-refractivity contribution in [1.29, 1.82) is 0 Å². The second-order valence-electron chi connectivity index (χ2n) is 9.03. The second kappa shape index (κ2) is 12.8. The lowest BCUT2D eigenvalue weighted by atomic mass is 9.95. The van der Waals surface area contributed by atoms with Gasteiger partial charge >= 0.3 is 12.4 Å². The van der Waals surface area contributed by atoms with Gasteiger partial charge in [0.25, 0.3) is 5.91 Å². The molecule has 0 radical (unpaired) electrons. The van der Waals surface area contributed by atoms with Crippen molar-refractivity contribution in [3.05, 3.63) is 73.7 Å². The van der Waals surface area contributed by atoms with Gasteiger partial charge < -0.3 is 10.6 Å². The van der Waals surface area contributed by atoms with Crippen LogP contribution in [0, 0.1) is 0 Å². The van der Waals surface area contributed by atoms with Crippen LogP contribution in [0.4, 0.5) is 30.7 Å². The Morgan fingerprint density at radius 1 is 0.974 bits per heavy atom. The molecule has 0 aliphatic carbocycles. The van der Waals surface area contributed by atoms with Gasteiger partial charge in [-0.15, -0.1) is 0 Å². The van der Waals surface area contributed by atoms with Crippen LogP contribution in [0.25, 0.3) is 6.08 Å². The molecule has 2 N–H and O–H groups in total. The van der Waals surface area contributed by atoms with Crippen molar-refractivity contribution in [3.8, 4) is 0 Å². The first kappa shape index (κ1) is 32.7. The number of amides is 2. The smallest absolute Gasteiger partial charge is 0.354 e. The maximum absolute atomic E-state index is 13.8. The summed E-state index contributed by atoms with van der Waals surface area (Å²) >= 11 is 17.5. The minimum atomic E-state index is -5.03. The van der Waals surface area contributed by atoms with Crippen LogP contribution in [-0.4, -0.2) is 36.7 Å².